The Kier molecular flexibility index (Phi) is 7.13. The number of methoxy groups -OCH3 is 1. The lowest BCUT2D eigenvalue weighted by Crippen LogP contribution is -2.23. The molecule has 1 saturated carbocycles. The van der Waals surface area contributed by atoms with Gasteiger partial charge in [0.2, 0.25) is 5.95 Å². The summed E-state index contributed by atoms with van der Waals surface area (Å²) < 4.78 is 7.33. The van der Waals surface area contributed by atoms with Crippen molar-refractivity contribution in [3.8, 4) is 11.1 Å². The fourth-order valence-corrected chi connectivity index (χ4v) is 5.48. The number of aliphatic hydroxyl groups is 1. The molecule has 1 aliphatic heterocycles. The number of aliphatic hydroxyl groups excluding tert-OH is 1. The number of fused-ring (bicyclic) bond motifs is 1. The van der Waals surface area contributed by atoms with E-state index in [1.807, 2.05) is 6.20 Å². The summed E-state index contributed by atoms with van der Waals surface area (Å²) in [5, 5.41) is 18.3. The molecule has 1 saturated heterocycles. The first kappa shape index (κ1) is 23.3. The minimum Gasteiger partial charge on any atom is -0.393 e. The van der Waals surface area contributed by atoms with Crippen LogP contribution in [-0.4, -0.2) is 63.6 Å². The molecule has 0 unspecified atom stereocenters. The zero-order valence-electron chi connectivity index (χ0n) is 20.4. The van der Waals surface area contributed by atoms with E-state index in [-0.39, 0.29) is 12.1 Å². The van der Waals surface area contributed by atoms with E-state index in [2.05, 4.69) is 57.0 Å². The van der Waals surface area contributed by atoms with Crippen LogP contribution < -0.4 is 5.32 Å². The lowest BCUT2D eigenvalue weighted by Gasteiger charge is -2.25. The van der Waals surface area contributed by atoms with E-state index in [0.29, 0.717) is 18.5 Å². The first-order valence-corrected chi connectivity index (χ1v) is 12.7. The molecule has 1 aromatic carbocycles. The van der Waals surface area contributed by atoms with E-state index in [0.717, 1.165) is 37.7 Å². The third kappa shape index (κ3) is 5.11. The number of rotatable bonds is 8. The molecule has 2 N–H and O–H groups in total. The van der Waals surface area contributed by atoms with Crippen LogP contribution >= 0.6 is 0 Å². The summed E-state index contributed by atoms with van der Waals surface area (Å²) in [7, 11) is 1.70. The van der Waals surface area contributed by atoms with Crippen LogP contribution in [0, 0.1) is 0 Å². The number of aromatic nitrogens is 3. The molecule has 0 bridgehead atoms. The second kappa shape index (κ2) is 10.4. The molecule has 1 atom stereocenters. The summed E-state index contributed by atoms with van der Waals surface area (Å²) in [6, 6.07) is 11.4. The van der Waals surface area contributed by atoms with Gasteiger partial charge in [0.05, 0.1) is 24.4 Å². The van der Waals surface area contributed by atoms with Gasteiger partial charge < -0.3 is 15.2 Å². The van der Waals surface area contributed by atoms with Gasteiger partial charge in [-0.1, -0.05) is 24.3 Å². The second-order valence-corrected chi connectivity index (χ2v) is 10.0. The SMILES string of the molecule is COC[C@H](C)Nc1ncc2c(-c3ccc(CN4CCCC4)cc3)cc(C3CCC(O)CC3)n2n1. The van der Waals surface area contributed by atoms with Crippen molar-refractivity contribution in [1.82, 2.24) is 19.5 Å². The van der Waals surface area contributed by atoms with E-state index in [1.54, 1.807) is 7.11 Å². The Morgan fingerprint density at radius 3 is 2.56 bits per heavy atom. The summed E-state index contributed by atoms with van der Waals surface area (Å²) in [5.74, 6) is 0.996. The number of ether oxygens (including phenoxy) is 1. The first-order chi connectivity index (χ1) is 16.6. The van der Waals surface area contributed by atoms with Crippen LogP contribution in [0.25, 0.3) is 16.6 Å². The lowest BCUT2D eigenvalue weighted by molar-refractivity contribution is 0.121. The molecule has 1 aliphatic carbocycles. The van der Waals surface area contributed by atoms with Gasteiger partial charge in [0.1, 0.15) is 0 Å². The smallest absolute Gasteiger partial charge is 0.241 e. The standard InChI is InChI=1S/C27H37N5O2/c1-19(18-34-2)29-27-28-16-26-24(15-25(32(26)30-27)22-9-11-23(33)12-10-22)21-7-5-20(6-8-21)17-31-13-3-4-14-31/h5-8,15-16,19,22-23,33H,3-4,9-14,17-18H2,1-2H3,(H,29,30)/t19-,22?,23?/m0/s1. The highest BCUT2D eigenvalue weighted by atomic mass is 16.5. The van der Waals surface area contributed by atoms with Crippen molar-refractivity contribution in [3.05, 3.63) is 47.8 Å². The van der Waals surface area contributed by atoms with Gasteiger partial charge in [-0.25, -0.2) is 9.50 Å². The van der Waals surface area contributed by atoms with Crippen LogP contribution in [-0.2, 0) is 11.3 Å². The van der Waals surface area contributed by atoms with Crippen LogP contribution in [0.5, 0.6) is 0 Å². The predicted octanol–water partition coefficient (Wildman–Crippen LogP) is 4.46. The number of likely N-dealkylation sites (tertiary alicyclic amines) is 1. The Morgan fingerprint density at radius 2 is 1.85 bits per heavy atom. The monoisotopic (exact) mass is 463 g/mol. The van der Waals surface area contributed by atoms with Crippen molar-refractivity contribution in [2.45, 2.75) is 70.1 Å². The fourth-order valence-electron chi connectivity index (χ4n) is 5.48. The summed E-state index contributed by atoms with van der Waals surface area (Å²) in [5.41, 5.74) is 5.97. The number of hydrogen-bond acceptors (Lipinski definition) is 6. The van der Waals surface area contributed by atoms with Gasteiger partial charge in [0.15, 0.2) is 0 Å². The highest BCUT2D eigenvalue weighted by Gasteiger charge is 2.25. The fraction of sp³-hybridized carbons (Fsp3) is 0.556. The van der Waals surface area contributed by atoms with Gasteiger partial charge in [-0.3, -0.25) is 4.90 Å². The topological polar surface area (TPSA) is 74.9 Å². The van der Waals surface area contributed by atoms with Gasteiger partial charge in [-0.2, -0.15) is 0 Å². The predicted molar refractivity (Wildman–Crippen MR) is 135 cm³/mol. The van der Waals surface area contributed by atoms with Crippen LogP contribution in [0.3, 0.4) is 0 Å². The molecule has 2 fully saturated rings. The summed E-state index contributed by atoms with van der Waals surface area (Å²) in [6.45, 7) is 6.11. The molecule has 2 aromatic heterocycles. The maximum Gasteiger partial charge on any atom is 0.241 e. The zero-order chi connectivity index (χ0) is 23.5. The average Bonchev–Trinajstić information content (AvgIpc) is 3.48. The minimum absolute atomic E-state index is 0.119. The molecule has 7 nitrogen and oxygen atoms in total. The Balaban J connectivity index is 1.47. The van der Waals surface area contributed by atoms with Crippen LogP contribution in [0.2, 0.25) is 0 Å². The van der Waals surface area contributed by atoms with Crippen LogP contribution in [0.15, 0.2) is 36.5 Å². The van der Waals surface area contributed by atoms with Crippen molar-refractivity contribution < 1.29 is 9.84 Å². The minimum atomic E-state index is -0.174. The molecular weight excluding hydrogens is 426 g/mol. The van der Waals surface area contributed by atoms with Gasteiger partial charge in [-0.05, 0) is 75.7 Å². The molecule has 0 amide bonds. The van der Waals surface area contributed by atoms with E-state index in [1.165, 1.54) is 48.3 Å². The zero-order valence-corrected chi connectivity index (χ0v) is 20.4. The van der Waals surface area contributed by atoms with E-state index < -0.39 is 0 Å². The highest BCUT2D eigenvalue weighted by Crippen LogP contribution is 2.37. The van der Waals surface area contributed by atoms with E-state index >= 15 is 0 Å². The third-order valence-corrected chi connectivity index (χ3v) is 7.32. The van der Waals surface area contributed by atoms with Crippen molar-refractivity contribution in [1.29, 1.82) is 0 Å². The number of hydrogen-bond donors (Lipinski definition) is 2. The van der Waals surface area contributed by atoms with Crippen molar-refractivity contribution in [2.75, 3.05) is 32.1 Å². The molecule has 2 aliphatic rings. The van der Waals surface area contributed by atoms with E-state index in [9.17, 15) is 5.11 Å². The van der Waals surface area contributed by atoms with Gasteiger partial charge in [-0.15, -0.1) is 5.10 Å². The Labute approximate surface area is 202 Å². The van der Waals surface area contributed by atoms with Gasteiger partial charge in [0, 0.05) is 36.9 Å². The molecule has 7 heteroatoms. The van der Waals surface area contributed by atoms with Crippen molar-refractivity contribution in [3.63, 3.8) is 0 Å². The number of nitrogens with zero attached hydrogens (tertiary/aromatic N) is 4. The maximum atomic E-state index is 10.0. The molecule has 0 radical (unpaired) electrons. The Morgan fingerprint density at radius 1 is 1.12 bits per heavy atom. The van der Waals surface area contributed by atoms with Crippen molar-refractivity contribution in [2.24, 2.45) is 0 Å². The molecule has 3 heterocycles. The second-order valence-electron chi connectivity index (χ2n) is 10.0. The van der Waals surface area contributed by atoms with Gasteiger partial charge >= 0.3 is 0 Å². The maximum absolute atomic E-state index is 10.0. The molecular formula is C27H37N5O2. The lowest BCUT2D eigenvalue weighted by atomic mass is 9.85. The highest BCUT2D eigenvalue weighted by molar-refractivity contribution is 5.81. The molecule has 34 heavy (non-hydrogen) atoms. The summed E-state index contributed by atoms with van der Waals surface area (Å²) in [4.78, 5) is 7.16. The number of anilines is 1. The summed E-state index contributed by atoms with van der Waals surface area (Å²) in [6.07, 6.45) is 8.05. The Hall–Kier alpha value is -2.48. The largest absolute Gasteiger partial charge is 0.393 e. The Bertz CT molecular complexity index is 1080. The van der Waals surface area contributed by atoms with Crippen LogP contribution in [0.1, 0.15) is 62.6 Å². The number of benzene rings is 1. The average molecular weight is 464 g/mol. The van der Waals surface area contributed by atoms with Crippen LogP contribution in [0.4, 0.5) is 5.95 Å². The molecule has 3 aromatic rings. The molecule has 5 rings (SSSR count). The first-order valence-electron chi connectivity index (χ1n) is 12.7. The van der Waals surface area contributed by atoms with Gasteiger partial charge in [0.25, 0.3) is 0 Å². The number of nitrogens with one attached hydrogen (secondary N) is 1. The van der Waals surface area contributed by atoms with Crippen molar-refractivity contribution >= 4 is 11.5 Å². The molecule has 0 spiro atoms. The molecule has 182 valence electrons. The van der Waals surface area contributed by atoms with E-state index in [4.69, 9.17) is 9.84 Å². The summed E-state index contributed by atoms with van der Waals surface area (Å²) >= 11 is 0. The normalized spacial score (nSPS) is 22.3. The quantitative estimate of drug-likeness (QED) is 0.514. The third-order valence-electron chi connectivity index (χ3n) is 7.32.